The largest absolute Gasteiger partial charge is 0.379 e. The Labute approximate surface area is 87.6 Å². The summed E-state index contributed by atoms with van der Waals surface area (Å²) in [4.78, 5) is 2.39. The van der Waals surface area contributed by atoms with E-state index in [1.165, 1.54) is 0 Å². The van der Waals surface area contributed by atoms with Gasteiger partial charge in [0.2, 0.25) is 0 Å². The van der Waals surface area contributed by atoms with Gasteiger partial charge in [-0.25, -0.2) is 0 Å². The van der Waals surface area contributed by atoms with E-state index in [9.17, 15) is 0 Å². The second-order valence-electron chi connectivity index (χ2n) is 4.89. The maximum atomic E-state index is 5.95. The summed E-state index contributed by atoms with van der Waals surface area (Å²) < 4.78 is 5.36. The maximum Gasteiger partial charge on any atom is 0.0621 e. The van der Waals surface area contributed by atoms with Gasteiger partial charge in [0.25, 0.3) is 0 Å². The molecule has 3 nitrogen and oxygen atoms in total. The third-order valence-electron chi connectivity index (χ3n) is 3.43. The molecule has 2 N–H and O–H groups in total. The van der Waals surface area contributed by atoms with Gasteiger partial charge in [0.05, 0.1) is 13.2 Å². The lowest BCUT2D eigenvalue weighted by atomic mass is 10.0. The van der Waals surface area contributed by atoms with Crippen LogP contribution in [0.25, 0.3) is 0 Å². The summed E-state index contributed by atoms with van der Waals surface area (Å²) >= 11 is 0. The molecule has 84 valence electrons. The van der Waals surface area contributed by atoms with Gasteiger partial charge in [-0.05, 0) is 19.9 Å². The van der Waals surface area contributed by atoms with Crippen molar-refractivity contribution in [1.29, 1.82) is 0 Å². The average Bonchev–Trinajstić information content (AvgIpc) is 2.50. The molecule has 0 bridgehead atoms. The molecule has 0 amide bonds. The molecular formula is C11H24N2O. The van der Waals surface area contributed by atoms with Gasteiger partial charge < -0.3 is 15.4 Å². The van der Waals surface area contributed by atoms with Crippen molar-refractivity contribution in [2.45, 2.75) is 32.9 Å². The van der Waals surface area contributed by atoms with Gasteiger partial charge >= 0.3 is 0 Å². The maximum absolute atomic E-state index is 5.95. The highest BCUT2D eigenvalue weighted by Gasteiger charge is 2.27. The quantitative estimate of drug-likeness (QED) is 0.734. The first-order valence-electron chi connectivity index (χ1n) is 5.56. The zero-order chi connectivity index (χ0) is 10.7. The van der Waals surface area contributed by atoms with Crippen molar-refractivity contribution >= 4 is 0 Å². The van der Waals surface area contributed by atoms with E-state index in [0.29, 0.717) is 17.9 Å². The van der Waals surface area contributed by atoms with Crippen LogP contribution < -0.4 is 5.73 Å². The Morgan fingerprint density at radius 1 is 1.36 bits per heavy atom. The Bertz CT molecular complexity index is 173. The fourth-order valence-corrected chi connectivity index (χ4v) is 1.85. The summed E-state index contributed by atoms with van der Waals surface area (Å²) in [5, 5.41) is 0. The van der Waals surface area contributed by atoms with Gasteiger partial charge in [0, 0.05) is 24.5 Å². The van der Waals surface area contributed by atoms with E-state index < -0.39 is 0 Å². The molecule has 1 saturated heterocycles. The summed E-state index contributed by atoms with van der Waals surface area (Å²) in [7, 11) is 2.18. The zero-order valence-corrected chi connectivity index (χ0v) is 9.86. The van der Waals surface area contributed by atoms with Crippen LogP contribution in [0.5, 0.6) is 0 Å². The first-order valence-corrected chi connectivity index (χ1v) is 5.56. The molecule has 14 heavy (non-hydrogen) atoms. The average molecular weight is 200 g/mol. The van der Waals surface area contributed by atoms with Crippen molar-refractivity contribution in [1.82, 2.24) is 4.90 Å². The highest BCUT2D eigenvalue weighted by molar-refractivity contribution is 4.81. The van der Waals surface area contributed by atoms with Crippen LogP contribution in [0.15, 0.2) is 0 Å². The lowest BCUT2D eigenvalue weighted by Gasteiger charge is -2.30. The van der Waals surface area contributed by atoms with E-state index in [1.807, 2.05) is 0 Å². The molecule has 1 rings (SSSR count). The summed E-state index contributed by atoms with van der Waals surface area (Å²) in [6, 6.07) is 0.847. The molecule has 0 saturated carbocycles. The normalized spacial score (nSPS) is 30.2. The van der Waals surface area contributed by atoms with Crippen LogP contribution in [0.2, 0.25) is 0 Å². The van der Waals surface area contributed by atoms with Crippen LogP contribution in [0.3, 0.4) is 0 Å². The van der Waals surface area contributed by atoms with Gasteiger partial charge in [-0.15, -0.1) is 0 Å². The molecule has 0 aliphatic carbocycles. The summed E-state index contributed by atoms with van der Waals surface area (Å²) in [6.45, 7) is 9.40. The Balaban J connectivity index is 2.35. The molecule has 1 heterocycles. The Kier molecular flexibility index (Phi) is 4.35. The number of nitrogens with two attached hydrogens (primary N) is 1. The number of rotatable bonds is 4. The number of hydrogen-bond acceptors (Lipinski definition) is 3. The Morgan fingerprint density at radius 3 is 2.43 bits per heavy atom. The molecule has 1 fully saturated rings. The number of ether oxygens (including phenoxy) is 1. The minimum atomic E-state index is 0.233. The fraction of sp³-hybridized carbons (Fsp3) is 1.00. The predicted octanol–water partition coefficient (Wildman–Crippen LogP) is 0.936. The van der Waals surface area contributed by atoms with E-state index in [2.05, 4.69) is 32.7 Å². The van der Waals surface area contributed by atoms with E-state index >= 15 is 0 Å². The molecule has 0 spiro atoms. The fourth-order valence-electron chi connectivity index (χ4n) is 1.85. The Morgan fingerprint density at radius 2 is 2.00 bits per heavy atom. The van der Waals surface area contributed by atoms with Crippen molar-refractivity contribution in [2.24, 2.45) is 17.6 Å². The van der Waals surface area contributed by atoms with Crippen LogP contribution in [0.4, 0.5) is 0 Å². The molecule has 0 aromatic heterocycles. The Hall–Kier alpha value is -0.120. The van der Waals surface area contributed by atoms with Crippen molar-refractivity contribution in [3.8, 4) is 0 Å². The minimum Gasteiger partial charge on any atom is -0.379 e. The molecule has 0 aromatic carbocycles. The van der Waals surface area contributed by atoms with Gasteiger partial charge in [0.1, 0.15) is 0 Å². The second-order valence-corrected chi connectivity index (χ2v) is 4.89. The first kappa shape index (κ1) is 12.0. The van der Waals surface area contributed by atoms with Crippen molar-refractivity contribution in [3.05, 3.63) is 0 Å². The van der Waals surface area contributed by atoms with E-state index in [-0.39, 0.29) is 6.04 Å². The third kappa shape index (κ3) is 2.94. The second kappa shape index (κ2) is 5.10. The molecular weight excluding hydrogens is 176 g/mol. The monoisotopic (exact) mass is 200 g/mol. The van der Waals surface area contributed by atoms with Crippen LogP contribution in [-0.2, 0) is 4.74 Å². The van der Waals surface area contributed by atoms with Crippen LogP contribution >= 0.6 is 0 Å². The highest BCUT2D eigenvalue weighted by atomic mass is 16.5. The van der Waals surface area contributed by atoms with Gasteiger partial charge in [0.15, 0.2) is 0 Å². The van der Waals surface area contributed by atoms with Crippen LogP contribution in [-0.4, -0.2) is 43.8 Å². The number of nitrogens with zero attached hydrogens (tertiary/aromatic N) is 1. The lowest BCUT2D eigenvalue weighted by molar-refractivity contribution is 0.150. The SMILES string of the molecule is CC(C)C(C)N(C)CC1COCC1N. The number of hydrogen-bond donors (Lipinski definition) is 1. The molecule has 1 aliphatic rings. The zero-order valence-electron chi connectivity index (χ0n) is 9.86. The van der Waals surface area contributed by atoms with Crippen LogP contribution in [0, 0.1) is 11.8 Å². The standard InChI is InChI=1S/C11H24N2O/c1-8(2)9(3)13(4)5-10-6-14-7-11(10)12/h8-11H,5-7,12H2,1-4H3. The molecule has 1 aliphatic heterocycles. The minimum absolute atomic E-state index is 0.233. The van der Waals surface area contributed by atoms with Gasteiger partial charge in [-0.1, -0.05) is 13.8 Å². The smallest absolute Gasteiger partial charge is 0.0621 e. The topological polar surface area (TPSA) is 38.5 Å². The molecule has 3 heteroatoms. The van der Waals surface area contributed by atoms with Crippen molar-refractivity contribution in [2.75, 3.05) is 26.8 Å². The van der Waals surface area contributed by atoms with Crippen molar-refractivity contribution < 1.29 is 4.74 Å². The highest BCUT2D eigenvalue weighted by Crippen LogP contribution is 2.16. The van der Waals surface area contributed by atoms with E-state index in [0.717, 1.165) is 19.8 Å². The molecule has 3 unspecified atom stereocenters. The molecule has 0 aromatic rings. The van der Waals surface area contributed by atoms with Crippen LogP contribution in [0.1, 0.15) is 20.8 Å². The summed E-state index contributed by atoms with van der Waals surface area (Å²) in [5.41, 5.74) is 5.95. The molecule has 0 radical (unpaired) electrons. The summed E-state index contributed by atoms with van der Waals surface area (Å²) in [5.74, 6) is 1.21. The summed E-state index contributed by atoms with van der Waals surface area (Å²) in [6.07, 6.45) is 0. The van der Waals surface area contributed by atoms with E-state index in [1.54, 1.807) is 0 Å². The third-order valence-corrected chi connectivity index (χ3v) is 3.43. The predicted molar refractivity (Wildman–Crippen MR) is 59.2 cm³/mol. The van der Waals surface area contributed by atoms with E-state index in [4.69, 9.17) is 10.5 Å². The first-order chi connectivity index (χ1) is 6.52. The lowest BCUT2D eigenvalue weighted by Crippen LogP contribution is -2.42. The van der Waals surface area contributed by atoms with Gasteiger partial charge in [-0.3, -0.25) is 0 Å². The van der Waals surface area contributed by atoms with Gasteiger partial charge in [-0.2, -0.15) is 0 Å². The van der Waals surface area contributed by atoms with Crippen molar-refractivity contribution in [3.63, 3.8) is 0 Å². The molecule has 3 atom stereocenters.